The summed E-state index contributed by atoms with van der Waals surface area (Å²) in [5.74, 6) is -4.20. The number of nitrogens with zero attached hydrogens (tertiary/aromatic N) is 3. The van der Waals surface area contributed by atoms with Crippen molar-refractivity contribution < 1.29 is 38.2 Å². The van der Waals surface area contributed by atoms with Crippen LogP contribution in [0.25, 0.3) is 0 Å². The van der Waals surface area contributed by atoms with E-state index in [-0.39, 0.29) is 38.0 Å². The predicted octanol–water partition coefficient (Wildman–Crippen LogP) is 3.33. The Morgan fingerprint density at radius 2 is 0.967 bits per heavy atom. The molecule has 5 unspecified atom stereocenters. The van der Waals surface area contributed by atoms with E-state index in [0.29, 0.717) is 54.7 Å². The van der Waals surface area contributed by atoms with Gasteiger partial charge in [-0.25, -0.2) is 19.2 Å². The van der Waals surface area contributed by atoms with Gasteiger partial charge in [-0.1, -0.05) is 74.0 Å². The lowest BCUT2D eigenvalue weighted by Gasteiger charge is -2.55. The van der Waals surface area contributed by atoms with Gasteiger partial charge in [-0.3, -0.25) is 19.4 Å². The van der Waals surface area contributed by atoms with Gasteiger partial charge < -0.3 is 37.3 Å². The Balaban J connectivity index is 1.26. The summed E-state index contributed by atoms with van der Waals surface area (Å²) in [7, 11) is 0. The molecule has 3 saturated heterocycles. The van der Waals surface area contributed by atoms with Crippen LogP contribution in [0.1, 0.15) is 74.6 Å². The number of benzene rings is 3. The van der Waals surface area contributed by atoms with Crippen molar-refractivity contribution in [3.05, 3.63) is 100 Å². The minimum absolute atomic E-state index is 0.276. The third-order valence-electron chi connectivity index (χ3n) is 14.5. The number of amides is 4. The normalized spacial score (nSPS) is 29.1. The molecule has 3 heterocycles. The van der Waals surface area contributed by atoms with Crippen LogP contribution in [0, 0.1) is 0 Å². The second-order valence-corrected chi connectivity index (χ2v) is 17.8. The number of ether oxygens (including phenoxy) is 2. The van der Waals surface area contributed by atoms with Crippen molar-refractivity contribution in [3.63, 3.8) is 0 Å². The quantitative estimate of drug-likeness (QED) is 0.162. The minimum atomic E-state index is -2.16. The lowest BCUT2D eigenvalue weighted by atomic mass is 9.59. The number of esters is 2. The number of rotatable bonds is 11. The van der Waals surface area contributed by atoms with Crippen molar-refractivity contribution in [1.82, 2.24) is 9.80 Å². The number of primary amides is 4. The van der Waals surface area contributed by atoms with Crippen LogP contribution in [0.3, 0.4) is 0 Å². The fourth-order valence-corrected chi connectivity index (χ4v) is 12.3. The summed E-state index contributed by atoms with van der Waals surface area (Å²) in [6, 6.07) is 20.7. The number of hydrogen-bond donors (Lipinski definition) is 4. The maximum absolute atomic E-state index is 14.6. The Hall–Kier alpha value is -5.51. The molecule has 8 N–H and O–H groups in total. The molecule has 316 valence electrons. The zero-order valence-electron chi connectivity index (χ0n) is 33.6. The molecule has 0 aromatic heterocycles. The highest BCUT2D eigenvalue weighted by atomic mass is 35.5. The molecule has 3 aromatic rings. The van der Waals surface area contributed by atoms with Gasteiger partial charge in [0.15, 0.2) is 0 Å². The molecule has 0 radical (unpaired) electrons. The van der Waals surface area contributed by atoms with Crippen molar-refractivity contribution >= 4 is 53.2 Å². The van der Waals surface area contributed by atoms with E-state index >= 15 is 0 Å². The molecule has 3 aliphatic heterocycles. The van der Waals surface area contributed by atoms with Crippen molar-refractivity contribution in [2.75, 3.05) is 18.0 Å². The van der Waals surface area contributed by atoms with Gasteiger partial charge in [0.05, 0.1) is 0 Å². The van der Waals surface area contributed by atoms with Gasteiger partial charge in [-0.2, -0.15) is 0 Å². The summed E-state index contributed by atoms with van der Waals surface area (Å²) in [5.41, 5.74) is 20.9. The lowest BCUT2D eigenvalue weighted by molar-refractivity contribution is -0.167. The first kappa shape index (κ1) is 41.2. The van der Waals surface area contributed by atoms with Crippen LogP contribution in [0.15, 0.2) is 72.8 Å². The maximum atomic E-state index is 14.6. The first-order valence-corrected chi connectivity index (χ1v) is 20.8. The summed E-state index contributed by atoms with van der Waals surface area (Å²) in [5, 5.41) is 0.506. The van der Waals surface area contributed by atoms with E-state index in [1.807, 2.05) is 70.5 Å². The van der Waals surface area contributed by atoms with Crippen LogP contribution < -0.4 is 27.8 Å². The average molecular weight is 840 g/mol. The molecule has 8 atom stereocenters. The second-order valence-electron chi connectivity index (χ2n) is 17.4. The Kier molecular flexibility index (Phi) is 10.2. The van der Waals surface area contributed by atoms with Crippen LogP contribution in [0.4, 0.5) is 15.3 Å². The van der Waals surface area contributed by atoms with E-state index < -0.39 is 69.9 Å². The summed E-state index contributed by atoms with van der Waals surface area (Å²) >= 11 is 6.45. The van der Waals surface area contributed by atoms with Crippen molar-refractivity contribution in [2.24, 2.45) is 22.9 Å². The smallest absolute Gasteiger partial charge is 0.375 e. The van der Waals surface area contributed by atoms with Gasteiger partial charge in [-0.15, -0.1) is 0 Å². The molecular weight excluding hydrogens is 790 g/mol. The predicted molar refractivity (Wildman–Crippen MR) is 220 cm³/mol. The minimum Gasteiger partial charge on any atom is -0.375 e. The maximum Gasteiger partial charge on any atom is 0.412 e. The molecular formula is C44H50ClN7O8. The summed E-state index contributed by atoms with van der Waals surface area (Å²) in [6.45, 7) is 4.16. The van der Waals surface area contributed by atoms with Gasteiger partial charge >= 0.3 is 24.1 Å². The highest BCUT2D eigenvalue weighted by Gasteiger charge is 2.70. The molecule has 10 rings (SSSR count). The van der Waals surface area contributed by atoms with Crippen LogP contribution in [0.5, 0.6) is 0 Å². The molecule has 16 heteroatoms. The van der Waals surface area contributed by atoms with Gasteiger partial charge in [0.25, 0.3) is 11.8 Å². The fraction of sp³-hybridized carbons (Fsp3) is 0.455. The summed E-state index contributed by atoms with van der Waals surface area (Å²) in [6.07, 6.45) is 1.22. The van der Waals surface area contributed by atoms with E-state index in [0.717, 1.165) is 16.8 Å². The number of carbonyl (C=O) groups is 6. The number of carbonyl (C=O) groups excluding carboxylic acids is 6. The number of hydrogen-bond acceptors (Lipinski definition) is 11. The average Bonchev–Trinajstić information content (AvgIpc) is 3.96. The summed E-state index contributed by atoms with van der Waals surface area (Å²) in [4.78, 5) is 88.4. The molecule has 0 saturated carbocycles. The molecule has 7 aliphatic rings. The van der Waals surface area contributed by atoms with Gasteiger partial charge in [0.2, 0.25) is 11.1 Å². The molecule has 3 aromatic carbocycles. The lowest BCUT2D eigenvalue weighted by Crippen LogP contribution is -2.76. The molecule has 4 bridgehead atoms. The molecule has 15 nitrogen and oxygen atoms in total. The van der Waals surface area contributed by atoms with Crippen LogP contribution in [-0.2, 0) is 52.3 Å². The zero-order chi connectivity index (χ0) is 42.9. The van der Waals surface area contributed by atoms with Crippen LogP contribution in [-0.4, -0.2) is 94.1 Å². The topological polar surface area (TPSA) is 235 Å². The van der Waals surface area contributed by atoms with Crippen molar-refractivity contribution in [1.29, 1.82) is 0 Å². The van der Waals surface area contributed by atoms with E-state index in [4.69, 9.17) is 44.0 Å². The number of likely N-dealkylation sites (tertiary alicyclic amines) is 2. The number of halogens is 1. The van der Waals surface area contributed by atoms with Crippen molar-refractivity contribution in [2.45, 2.75) is 111 Å². The molecule has 4 aliphatic carbocycles. The number of fused-ring (bicyclic) bond motifs is 6. The largest absolute Gasteiger partial charge is 0.412 e. The van der Waals surface area contributed by atoms with Gasteiger partial charge in [-0.05, 0) is 97.9 Å². The highest BCUT2D eigenvalue weighted by molar-refractivity contribution is 6.30. The monoisotopic (exact) mass is 839 g/mol. The van der Waals surface area contributed by atoms with E-state index in [1.165, 1.54) is 0 Å². The molecule has 60 heavy (non-hydrogen) atoms. The zero-order valence-corrected chi connectivity index (χ0v) is 34.4. The molecule has 0 spiro atoms. The molecule has 3 fully saturated rings. The third-order valence-corrected chi connectivity index (χ3v) is 14.8. The highest BCUT2D eigenvalue weighted by Crippen LogP contribution is 2.53. The Labute approximate surface area is 352 Å². The first-order valence-electron chi connectivity index (χ1n) is 20.4. The number of nitrogens with two attached hydrogens (primary N) is 4. The standard InChI is InChI=1S/C44H50ClN7O8/c1-41(23-25-7-11-27(41)12-8-25)43(35(46)53,37(55)59-39(48)57)50-21-3-5-31(50)33-19-20-34(52(33)30-17-15-29(45)16-18-30)32-6-4-22-51(32)44(36(47)54,38(56)60-40(49)58)42(2)24-26-9-13-28(42)14-10-26/h7-18,31-34H,3-6,19-24H2,1-2H3,(H2,46,53)(H2,47,54)(H2,48,57)(H2,49,58)/t31?,32?,33-,34?,41?,42?,43-,44-/m0/s1. The first-order chi connectivity index (χ1) is 28.5. The van der Waals surface area contributed by atoms with Gasteiger partial charge in [0, 0.05) is 58.8 Å². The second kappa shape index (κ2) is 14.9. The Bertz CT molecular complexity index is 2120. The fourth-order valence-electron chi connectivity index (χ4n) is 12.2. The van der Waals surface area contributed by atoms with Crippen molar-refractivity contribution in [3.8, 4) is 0 Å². The molecule has 4 amide bonds. The van der Waals surface area contributed by atoms with E-state index in [1.54, 1.807) is 26.0 Å². The van der Waals surface area contributed by atoms with E-state index in [2.05, 4.69) is 4.90 Å². The summed E-state index contributed by atoms with van der Waals surface area (Å²) < 4.78 is 10.4. The SMILES string of the molecule is CC1([C@](C(N)=O)(C(=O)OC(N)=O)N2CCCC2C2CC[C@@H](C3CCCN3[C@@](C(N)=O)(C(=O)OC(N)=O)C3(C)Cc4ccc3cc4)N2c2ccc(Cl)cc2)Cc2ccc1cc2. The van der Waals surface area contributed by atoms with Crippen LogP contribution >= 0.6 is 11.6 Å². The third kappa shape index (κ3) is 5.91. The van der Waals surface area contributed by atoms with Gasteiger partial charge in [0.1, 0.15) is 0 Å². The van der Waals surface area contributed by atoms with Crippen LogP contribution in [0.2, 0.25) is 5.02 Å². The number of anilines is 1. The Morgan fingerprint density at radius 1 is 0.583 bits per heavy atom. The van der Waals surface area contributed by atoms with E-state index in [9.17, 15) is 28.8 Å². The Morgan fingerprint density at radius 3 is 1.28 bits per heavy atom.